The normalized spacial score (nSPS) is 12.4. The number of hydrogen-bond acceptors (Lipinski definition) is 6. The molecular formula is C30H31NO6S. The van der Waals surface area contributed by atoms with E-state index in [1.165, 1.54) is 12.1 Å². The van der Waals surface area contributed by atoms with Crippen LogP contribution in [0.3, 0.4) is 0 Å². The van der Waals surface area contributed by atoms with Crippen LogP contribution in [0.1, 0.15) is 47.6 Å². The van der Waals surface area contributed by atoms with E-state index in [-0.39, 0.29) is 17.1 Å². The predicted octanol–water partition coefficient (Wildman–Crippen LogP) is 5.36. The van der Waals surface area contributed by atoms with Gasteiger partial charge in [0.05, 0.1) is 4.90 Å². The van der Waals surface area contributed by atoms with Crippen molar-refractivity contribution in [2.75, 3.05) is 0 Å². The van der Waals surface area contributed by atoms with E-state index < -0.39 is 27.7 Å². The van der Waals surface area contributed by atoms with Gasteiger partial charge in [-0.1, -0.05) is 61.4 Å². The number of sulfonamides is 1. The fourth-order valence-corrected chi connectivity index (χ4v) is 5.57. The van der Waals surface area contributed by atoms with Crippen molar-refractivity contribution in [1.82, 2.24) is 4.72 Å². The highest BCUT2D eigenvalue weighted by molar-refractivity contribution is 7.89. The van der Waals surface area contributed by atoms with Crippen molar-refractivity contribution < 1.29 is 22.4 Å². The largest absolute Gasteiger partial charge is 0.425 e. The van der Waals surface area contributed by atoms with E-state index in [4.69, 9.17) is 9.15 Å². The molecule has 198 valence electrons. The summed E-state index contributed by atoms with van der Waals surface area (Å²) < 4.78 is 39.6. The molecule has 3 aromatic carbocycles. The number of rotatable bonds is 9. The monoisotopic (exact) mass is 533 g/mol. The number of ether oxygens (including phenoxy) is 1. The van der Waals surface area contributed by atoms with Crippen LogP contribution in [0.25, 0.3) is 11.0 Å². The molecule has 0 saturated heterocycles. The molecule has 1 N–H and O–H groups in total. The molecule has 0 spiro atoms. The highest BCUT2D eigenvalue weighted by Crippen LogP contribution is 2.30. The summed E-state index contributed by atoms with van der Waals surface area (Å²) >= 11 is 0. The second-order valence-corrected chi connectivity index (χ2v) is 11.1. The van der Waals surface area contributed by atoms with E-state index >= 15 is 0 Å². The van der Waals surface area contributed by atoms with E-state index in [9.17, 15) is 18.0 Å². The second-order valence-electron chi connectivity index (χ2n) is 9.42. The van der Waals surface area contributed by atoms with E-state index in [1.54, 1.807) is 31.2 Å². The maximum absolute atomic E-state index is 13.1. The Morgan fingerprint density at radius 3 is 2.29 bits per heavy atom. The highest BCUT2D eigenvalue weighted by Gasteiger charge is 2.27. The number of carbonyl (C=O) groups is 1. The van der Waals surface area contributed by atoms with Gasteiger partial charge >= 0.3 is 11.6 Å². The molecule has 1 heterocycles. The van der Waals surface area contributed by atoms with E-state index in [1.807, 2.05) is 51.1 Å². The second kappa shape index (κ2) is 11.3. The smallest absolute Gasteiger partial charge is 0.340 e. The Labute approximate surface area is 222 Å². The number of hydrogen-bond donors (Lipinski definition) is 1. The minimum atomic E-state index is -3.93. The first kappa shape index (κ1) is 27.3. The van der Waals surface area contributed by atoms with Gasteiger partial charge in [-0.3, -0.25) is 0 Å². The molecule has 0 aliphatic heterocycles. The van der Waals surface area contributed by atoms with E-state index in [0.717, 1.165) is 22.1 Å². The molecule has 1 atom stereocenters. The minimum Gasteiger partial charge on any atom is -0.425 e. The van der Waals surface area contributed by atoms with Crippen molar-refractivity contribution in [3.8, 4) is 5.75 Å². The molecule has 1 aromatic heterocycles. The predicted molar refractivity (Wildman–Crippen MR) is 147 cm³/mol. The Morgan fingerprint density at radius 2 is 1.63 bits per heavy atom. The van der Waals surface area contributed by atoms with E-state index in [2.05, 4.69) is 4.72 Å². The Bertz CT molecular complexity index is 1620. The molecule has 0 radical (unpaired) electrons. The molecule has 0 fully saturated rings. The number of aryl methyl sites for hydroxylation is 3. The maximum Gasteiger partial charge on any atom is 0.340 e. The summed E-state index contributed by atoms with van der Waals surface area (Å²) in [4.78, 5) is 26.1. The number of benzene rings is 3. The first-order valence-corrected chi connectivity index (χ1v) is 14.0. The molecular weight excluding hydrogens is 502 g/mol. The van der Waals surface area contributed by atoms with Gasteiger partial charge in [-0.15, -0.1) is 0 Å². The van der Waals surface area contributed by atoms with Crippen LogP contribution < -0.4 is 15.1 Å². The summed E-state index contributed by atoms with van der Waals surface area (Å²) in [5.41, 5.74) is 3.67. The molecule has 0 aliphatic carbocycles. The van der Waals surface area contributed by atoms with Gasteiger partial charge in [-0.25, -0.2) is 18.0 Å². The van der Waals surface area contributed by atoms with Crippen molar-refractivity contribution in [2.24, 2.45) is 0 Å². The molecule has 38 heavy (non-hydrogen) atoms. The standard InChI is InChI=1S/C30H31NO6S/c1-5-9-26(31-38(34,35)23-14-12-19(2)13-15-23)30(33)36-27-17-16-24-20(3)25(18-22-10-7-6-8-11-22)29(32)37-28(24)21(27)4/h6-8,10-17,26,31H,5,9,18H2,1-4H3. The summed E-state index contributed by atoms with van der Waals surface area (Å²) in [7, 11) is -3.93. The van der Waals surface area contributed by atoms with Crippen LogP contribution in [0.5, 0.6) is 5.75 Å². The Morgan fingerprint density at radius 1 is 0.947 bits per heavy atom. The van der Waals surface area contributed by atoms with Gasteiger partial charge in [0.1, 0.15) is 17.4 Å². The molecule has 0 saturated carbocycles. The highest BCUT2D eigenvalue weighted by atomic mass is 32.2. The first-order chi connectivity index (χ1) is 18.1. The average Bonchev–Trinajstić information content (AvgIpc) is 2.89. The van der Waals surface area contributed by atoms with Gasteiger partial charge < -0.3 is 9.15 Å². The molecule has 0 bridgehead atoms. The van der Waals surface area contributed by atoms with Gasteiger partial charge in [0.25, 0.3) is 0 Å². The third-order valence-electron chi connectivity index (χ3n) is 6.58. The fraction of sp³-hybridized carbons (Fsp3) is 0.267. The zero-order valence-corrected chi connectivity index (χ0v) is 22.7. The first-order valence-electron chi connectivity index (χ1n) is 12.5. The summed E-state index contributed by atoms with van der Waals surface area (Å²) in [6, 6.07) is 18.4. The van der Waals surface area contributed by atoms with Crippen molar-refractivity contribution in [3.63, 3.8) is 0 Å². The Hall–Kier alpha value is -3.75. The number of carbonyl (C=O) groups excluding carboxylic acids is 1. The summed E-state index contributed by atoms with van der Waals surface area (Å²) in [6.07, 6.45) is 1.26. The van der Waals surface area contributed by atoms with Gasteiger partial charge in [0, 0.05) is 22.9 Å². The average molecular weight is 534 g/mol. The van der Waals surface area contributed by atoms with Crippen LogP contribution in [-0.4, -0.2) is 20.4 Å². The van der Waals surface area contributed by atoms with Gasteiger partial charge in [0.15, 0.2) is 0 Å². The lowest BCUT2D eigenvalue weighted by Gasteiger charge is -2.18. The zero-order chi connectivity index (χ0) is 27.4. The van der Waals surface area contributed by atoms with Crippen molar-refractivity contribution in [2.45, 2.75) is 57.9 Å². The topological polar surface area (TPSA) is 103 Å². The molecule has 4 rings (SSSR count). The van der Waals surface area contributed by atoms with Crippen LogP contribution in [0.4, 0.5) is 0 Å². The minimum absolute atomic E-state index is 0.0717. The molecule has 1 unspecified atom stereocenters. The molecule has 4 aromatic rings. The molecule has 7 nitrogen and oxygen atoms in total. The number of nitrogens with one attached hydrogen (secondary N) is 1. The lowest BCUT2D eigenvalue weighted by Crippen LogP contribution is -2.42. The van der Waals surface area contributed by atoms with Crippen LogP contribution in [0.2, 0.25) is 0 Å². The zero-order valence-electron chi connectivity index (χ0n) is 21.9. The number of esters is 1. The lowest BCUT2D eigenvalue weighted by atomic mass is 9.98. The Balaban J connectivity index is 1.61. The van der Waals surface area contributed by atoms with Crippen LogP contribution in [0.15, 0.2) is 80.8 Å². The molecule has 0 aliphatic rings. The van der Waals surface area contributed by atoms with Crippen molar-refractivity contribution in [3.05, 3.63) is 105 Å². The molecule has 0 amide bonds. The van der Waals surface area contributed by atoms with Crippen LogP contribution in [-0.2, 0) is 21.2 Å². The SMILES string of the molecule is CCCC(NS(=O)(=O)c1ccc(C)cc1)C(=O)Oc1ccc2c(C)c(Cc3ccccc3)c(=O)oc2c1C. The quantitative estimate of drug-likeness (QED) is 0.176. The van der Waals surface area contributed by atoms with Crippen molar-refractivity contribution in [1.29, 1.82) is 0 Å². The Kier molecular flexibility index (Phi) is 8.14. The number of fused-ring (bicyclic) bond motifs is 1. The third-order valence-corrected chi connectivity index (χ3v) is 8.07. The summed E-state index contributed by atoms with van der Waals surface area (Å²) in [5, 5.41) is 0.748. The summed E-state index contributed by atoms with van der Waals surface area (Å²) in [5.74, 6) is -0.527. The fourth-order valence-electron chi connectivity index (χ4n) is 4.35. The maximum atomic E-state index is 13.1. The molecule has 8 heteroatoms. The lowest BCUT2D eigenvalue weighted by molar-refractivity contribution is -0.136. The van der Waals surface area contributed by atoms with E-state index in [0.29, 0.717) is 29.6 Å². The van der Waals surface area contributed by atoms with Crippen LogP contribution in [0, 0.1) is 20.8 Å². The summed E-state index contributed by atoms with van der Waals surface area (Å²) in [6.45, 7) is 7.29. The van der Waals surface area contributed by atoms with Crippen molar-refractivity contribution >= 4 is 27.0 Å². The van der Waals surface area contributed by atoms with Gasteiger partial charge in [-0.2, -0.15) is 4.72 Å². The van der Waals surface area contributed by atoms with Gasteiger partial charge in [-0.05, 0) is 62.6 Å². The van der Waals surface area contributed by atoms with Crippen LogP contribution >= 0.6 is 0 Å². The third kappa shape index (κ3) is 5.87. The van der Waals surface area contributed by atoms with Gasteiger partial charge in [0.2, 0.25) is 10.0 Å².